The summed E-state index contributed by atoms with van der Waals surface area (Å²) in [7, 11) is 0. The average Bonchev–Trinajstić information content (AvgIpc) is 2.08. The zero-order chi connectivity index (χ0) is 8.74. The molecule has 0 saturated carbocycles. The summed E-state index contributed by atoms with van der Waals surface area (Å²) in [6.07, 6.45) is 2.89. The van der Waals surface area contributed by atoms with Crippen LogP contribution in [0.1, 0.15) is 40.5 Å². The third-order valence-corrected chi connectivity index (χ3v) is 12.5. The number of unbranched alkanes of at least 4 members (excludes halogenated alkanes) is 1. The van der Waals surface area contributed by atoms with Crippen LogP contribution in [0.5, 0.6) is 0 Å². The van der Waals surface area contributed by atoms with Crippen LogP contribution in [0.2, 0.25) is 18.9 Å². The standard InChI is InChI=1S/C4H9.3C2H5.Ti/c1-3-4-2;3*1-2;/h1,3-4H2,2H3;3*1H2,2H3;. The van der Waals surface area contributed by atoms with Crippen molar-refractivity contribution in [2.45, 2.75) is 59.4 Å². The Bertz CT molecular complexity index is 76.6. The van der Waals surface area contributed by atoms with Gasteiger partial charge in [-0.25, -0.2) is 0 Å². The second-order valence-corrected chi connectivity index (χ2v) is 12.4. The fraction of sp³-hybridized carbons (Fsp3) is 1.00. The Morgan fingerprint density at radius 1 is 0.818 bits per heavy atom. The van der Waals surface area contributed by atoms with Crippen molar-refractivity contribution in [3.05, 3.63) is 0 Å². The molecule has 0 fully saturated rings. The van der Waals surface area contributed by atoms with E-state index < -0.39 is 16.6 Å². The van der Waals surface area contributed by atoms with Crippen molar-refractivity contribution in [2.24, 2.45) is 0 Å². The minimum atomic E-state index is -1.23. The van der Waals surface area contributed by atoms with Crippen LogP contribution in [-0.2, 0) is 16.6 Å². The first-order chi connectivity index (χ1) is 5.24. The molecule has 0 spiro atoms. The summed E-state index contributed by atoms with van der Waals surface area (Å²) in [6.45, 7) is 9.57. The van der Waals surface area contributed by atoms with Crippen LogP contribution < -0.4 is 0 Å². The first kappa shape index (κ1) is 11.7. The van der Waals surface area contributed by atoms with E-state index in [1.165, 1.54) is 12.8 Å². The molecule has 0 aromatic heterocycles. The van der Waals surface area contributed by atoms with Gasteiger partial charge in [0.15, 0.2) is 0 Å². The zero-order valence-electron chi connectivity index (χ0n) is 8.74. The molecule has 0 radical (unpaired) electrons. The Hall–Kier alpha value is 0.714. The summed E-state index contributed by atoms with van der Waals surface area (Å²) in [4.78, 5) is 0. The molecule has 0 aromatic rings. The molecule has 0 saturated heterocycles. The van der Waals surface area contributed by atoms with E-state index in [0.29, 0.717) is 0 Å². The van der Waals surface area contributed by atoms with Gasteiger partial charge >= 0.3 is 76.0 Å². The van der Waals surface area contributed by atoms with E-state index in [1.807, 2.05) is 0 Å². The van der Waals surface area contributed by atoms with Gasteiger partial charge in [-0.2, -0.15) is 0 Å². The van der Waals surface area contributed by atoms with Crippen molar-refractivity contribution >= 4 is 0 Å². The van der Waals surface area contributed by atoms with Crippen LogP contribution in [0.25, 0.3) is 0 Å². The van der Waals surface area contributed by atoms with E-state index in [9.17, 15) is 0 Å². The van der Waals surface area contributed by atoms with Gasteiger partial charge < -0.3 is 0 Å². The van der Waals surface area contributed by atoms with Crippen LogP contribution in [0.3, 0.4) is 0 Å². The number of hydrogen-bond donors (Lipinski definition) is 0. The molecule has 0 bridgehead atoms. The van der Waals surface area contributed by atoms with E-state index in [0.717, 1.165) is 0 Å². The Balaban J connectivity index is 3.84. The molecule has 1 heteroatoms. The molecule has 68 valence electrons. The van der Waals surface area contributed by atoms with E-state index in [4.69, 9.17) is 0 Å². The van der Waals surface area contributed by atoms with Gasteiger partial charge in [0, 0.05) is 0 Å². The van der Waals surface area contributed by atoms with Crippen molar-refractivity contribution in [1.82, 2.24) is 0 Å². The molecule has 0 rings (SSSR count). The predicted molar refractivity (Wildman–Crippen MR) is 51.2 cm³/mol. The molecule has 0 unspecified atom stereocenters. The van der Waals surface area contributed by atoms with Crippen molar-refractivity contribution < 1.29 is 16.6 Å². The van der Waals surface area contributed by atoms with Crippen molar-refractivity contribution in [2.75, 3.05) is 0 Å². The second-order valence-electron chi connectivity index (χ2n) is 3.66. The summed E-state index contributed by atoms with van der Waals surface area (Å²) < 4.78 is 6.27. The Morgan fingerprint density at radius 2 is 1.27 bits per heavy atom. The van der Waals surface area contributed by atoms with Crippen LogP contribution >= 0.6 is 0 Å². The van der Waals surface area contributed by atoms with Crippen molar-refractivity contribution in [1.29, 1.82) is 0 Å². The summed E-state index contributed by atoms with van der Waals surface area (Å²) >= 11 is -1.23. The molecule has 0 aliphatic rings. The third-order valence-electron chi connectivity index (χ3n) is 3.31. The molecular weight excluding hydrogens is 168 g/mol. The van der Waals surface area contributed by atoms with E-state index in [1.54, 1.807) is 18.9 Å². The van der Waals surface area contributed by atoms with Crippen LogP contribution in [0.4, 0.5) is 0 Å². The summed E-state index contributed by atoms with van der Waals surface area (Å²) in [6, 6.07) is 0. The van der Waals surface area contributed by atoms with Gasteiger partial charge in [0.25, 0.3) is 0 Å². The monoisotopic (exact) mass is 192 g/mol. The molecule has 0 heterocycles. The molecule has 11 heavy (non-hydrogen) atoms. The fourth-order valence-electron chi connectivity index (χ4n) is 1.83. The van der Waals surface area contributed by atoms with Gasteiger partial charge in [-0.1, -0.05) is 0 Å². The first-order valence-corrected chi connectivity index (χ1v) is 9.66. The van der Waals surface area contributed by atoms with Crippen LogP contribution in [0, 0.1) is 0 Å². The minimum absolute atomic E-state index is 1.23. The average molecular weight is 192 g/mol. The van der Waals surface area contributed by atoms with Gasteiger partial charge in [0.2, 0.25) is 0 Å². The Morgan fingerprint density at radius 3 is 1.55 bits per heavy atom. The number of hydrogen-bond acceptors (Lipinski definition) is 0. The molecule has 0 aliphatic heterocycles. The topological polar surface area (TPSA) is 0 Å². The fourth-order valence-corrected chi connectivity index (χ4v) is 7.55. The molecule has 0 aliphatic carbocycles. The third kappa shape index (κ3) is 3.76. The molecule has 0 N–H and O–H groups in total. The molecule has 0 aromatic carbocycles. The van der Waals surface area contributed by atoms with E-state index >= 15 is 0 Å². The van der Waals surface area contributed by atoms with Gasteiger partial charge in [0.05, 0.1) is 0 Å². The van der Waals surface area contributed by atoms with Crippen LogP contribution in [-0.4, -0.2) is 0 Å². The van der Waals surface area contributed by atoms with Gasteiger partial charge in [-0.3, -0.25) is 0 Å². The molecule has 0 atom stereocenters. The number of rotatable bonds is 6. The van der Waals surface area contributed by atoms with Gasteiger partial charge in [-0.05, 0) is 0 Å². The Kier molecular flexibility index (Phi) is 6.66. The molecular formula is C10H24Ti. The predicted octanol–water partition coefficient (Wildman–Crippen LogP) is 4.67. The van der Waals surface area contributed by atoms with Gasteiger partial charge in [0.1, 0.15) is 0 Å². The maximum absolute atomic E-state index is 2.42. The quantitative estimate of drug-likeness (QED) is 0.536. The Labute approximate surface area is 76.1 Å². The van der Waals surface area contributed by atoms with Crippen molar-refractivity contribution in [3.63, 3.8) is 0 Å². The second kappa shape index (κ2) is 6.25. The van der Waals surface area contributed by atoms with Crippen LogP contribution in [0.15, 0.2) is 0 Å². The summed E-state index contributed by atoms with van der Waals surface area (Å²) in [5, 5.41) is 0. The summed E-state index contributed by atoms with van der Waals surface area (Å²) in [5.41, 5.74) is 0. The van der Waals surface area contributed by atoms with E-state index in [-0.39, 0.29) is 0 Å². The zero-order valence-corrected chi connectivity index (χ0v) is 10.3. The van der Waals surface area contributed by atoms with Gasteiger partial charge in [-0.15, -0.1) is 0 Å². The molecule has 0 nitrogen and oxygen atoms in total. The first-order valence-electron chi connectivity index (χ1n) is 5.24. The summed E-state index contributed by atoms with van der Waals surface area (Å²) in [5.74, 6) is 0. The van der Waals surface area contributed by atoms with Crippen molar-refractivity contribution in [3.8, 4) is 0 Å². The normalized spacial score (nSPS) is 12.0. The SMILES string of the molecule is CCC[CH2][Ti]([CH2]C)([CH2]C)[CH2]C. The maximum atomic E-state index is 2.42. The van der Waals surface area contributed by atoms with E-state index in [2.05, 4.69) is 27.7 Å². The molecule has 0 amide bonds.